The molecule has 0 bridgehead atoms. The van der Waals surface area contributed by atoms with Crippen molar-refractivity contribution in [1.29, 1.82) is 0 Å². The van der Waals surface area contributed by atoms with Crippen molar-refractivity contribution in [3.63, 3.8) is 0 Å². The van der Waals surface area contributed by atoms with E-state index >= 15 is 0 Å². The number of hydrogen-bond acceptors (Lipinski definition) is 3. The van der Waals surface area contributed by atoms with Gasteiger partial charge in [-0.05, 0) is 38.3 Å². The number of amides is 3. The van der Waals surface area contributed by atoms with Crippen molar-refractivity contribution in [2.24, 2.45) is 5.92 Å². The van der Waals surface area contributed by atoms with Gasteiger partial charge in [0, 0.05) is 18.2 Å². The number of aryl methyl sites for hydroxylation is 1. The van der Waals surface area contributed by atoms with Crippen molar-refractivity contribution in [2.45, 2.75) is 66.2 Å². The SMILES string of the molecule is CCCCC(CC)C(=O)N(CCCC)CC(=O)NCC(=O)Nc1ccc(C)cc1. The van der Waals surface area contributed by atoms with Gasteiger partial charge < -0.3 is 15.5 Å². The zero-order valence-corrected chi connectivity index (χ0v) is 18.4. The van der Waals surface area contributed by atoms with E-state index < -0.39 is 0 Å². The number of rotatable bonds is 13. The van der Waals surface area contributed by atoms with Crippen LogP contribution in [0.2, 0.25) is 0 Å². The van der Waals surface area contributed by atoms with E-state index in [1.165, 1.54) is 0 Å². The third-order valence-electron chi connectivity index (χ3n) is 4.96. The van der Waals surface area contributed by atoms with Gasteiger partial charge in [0.05, 0.1) is 13.1 Å². The minimum atomic E-state index is -0.307. The van der Waals surface area contributed by atoms with Gasteiger partial charge in [0.1, 0.15) is 0 Å². The largest absolute Gasteiger partial charge is 0.345 e. The first-order chi connectivity index (χ1) is 13.9. The van der Waals surface area contributed by atoms with E-state index in [2.05, 4.69) is 24.5 Å². The Labute approximate surface area is 175 Å². The number of carbonyl (C=O) groups excluding carboxylic acids is 3. The van der Waals surface area contributed by atoms with E-state index in [0.29, 0.717) is 12.2 Å². The monoisotopic (exact) mass is 403 g/mol. The summed E-state index contributed by atoms with van der Waals surface area (Å²) in [6.07, 6.45) is 5.51. The molecule has 0 heterocycles. The summed E-state index contributed by atoms with van der Waals surface area (Å²) in [6, 6.07) is 7.46. The van der Waals surface area contributed by atoms with Gasteiger partial charge in [-0.25, -0.2) is 0 Å². The van der Waals surface area contributed by atoms with Crippen LogP contribution in [0.15, 0.2) is 24.3 Å². The van der Waals surface area contributed by atoms with E-state index in [9.17, 15) is 14.4 Å². The summed E-state index contributed by atoms with van der Waals surface area (Å²) in [5.41, 5.74) is 1.80. The molecule has 3 amide bonds. The zero-order chi connectivity index (χ0) is 21.6. The van der Waals surface area contributed by atoms with Crippen molar-refractivity contribution in [3.8, 4) is 0 Å². The minimum absolute atomic E-state index is 0.000724. The fraction of sp³-hybridized carbons (Fsp3) is 0.609. The minimum Gasteiger partial charge on any atom is -0.345 e. The molecule has 0 aliphatic heterocycles. The number of carbonyl (C=O) groups is 3. The smallest absolute Gasteiger partial charge is 0.243 e. The summed E-state index contributed by atoms with van der Waals surface area (Å²) in [7, 11) is 0. The molecule has 2 N–H and O–H groups in total. The summed E-state index contributed by atoms with van der Waals surface area (Å²) in [5, 5.41) is 5.38. The number of hydrogen-bond donors (Lipinski definition) is 2. The highest BCUT2D eigenvalue weighted by molar-refractivity contribution is 5.95. The second-order valence-electron chi connectivity index (χ2n) is 7.55. The zero-order valence-electron chi connectivity index (χ0n) is 18.4. The average molecular weight is 404 g/mol. The molecule has 0 fully saturated rings. The van der Waals surface area contributed by atoms with Crippen LogP contribution < -0.4 is 10.6 Å². The normalized spacial score (nSPS) is 11.6. The molecule has 0 spiro atoms. The highest BCUT2D eigenvalue weighted by Crippen LogP contribution is 2.16. The quantitative estimate of drug-likeness (QED) is 0.524. The summed E-state index contributed by atoms with van der Waals surface area (Å²) in [5.74, 6) is -0.583. The molecule has 1 rings (SSSR count). The Morgan fingerprint density at radius 3 is 2.21 bits per heavy atom. The van der Waals surface area contributed by atoms with Gasteiger partial charge in [-0.15, -0.1) is 0 Å². The van der Waals surface area contributed by atoms with E-state index in [1.807, 2.05) is 38.1 Å². The van der Waals surface area contributed by atoms with E-state index in [4.69, 9.17) is 0 Å². The van der Waals surface area contributed by atoms with Gasteiger partial charge in [-0.3, -0.25) is 14.4 Å². The van der Waals surface area contributed by atoms with Gasteiger partial charge in [0.15, 0.2) is 0 Å². The fourth-order valence-electron chi connectivity index (χ4n) is 3.08. The molecule has 0 aliphatic carbocycles. The standard InChI is InChI=1S/C23H37N3O3/c1-5-8-10-19(7-3)23(29)26(15-9-6-2)17-22(28)24-16-21(27)25-20-13-11-18(4)12-14-20/h11-14,19H,5-10,15-17H2,1-4H3,(H,24,28)(H,25,27). The van der Waals surface area contributed by atoms with Crippen molar-refractivity contribution >= 4 is 23.4 Å². The van der Waals surface area contributed by atoms with Crippen molar-refractivity contribution in [1.82, 2.24) is 10.2 Å². The second kappa shape index (κ2) is 13.7. The Balaban J connectivity index is 2.56. The Morgan fingerprint density at radius 2 is 1.62 bits per heavy atom. The lowest BCUT2D eigenvalue weighted by Crippen LogP contribution is -2.45. The molecular weight excluding hydrogens is 366 g/mol. The molecule has 0 aliphatic rings. The molecule has 1 unspecified atom stereocenters. The number of nitrogens with one attached hydrogen (secondary N) is 2. The van der Waals surface area contributed by atoms with Crippen LogP contribution in [0, 0.1) is 12.8 Å². The highest BCUT2D eigenvalue weighted by atomic mass is 16.2. The molecule has 0 aromatic heterocycles. The van der Waals surface area contributed by atoms with Crippen LogP contribution >= 0.6 is 0 Å². The first-order valence-electron chi connectivity index (χ1n) is 10.8. The molecule has 1 atom stereocenters. The van der Waals surface area contributed by atoms with Crippen LogP contribution in [0.25, 0.3) is 0 Å². The predicted octanol–water partition coefficient (Wildman–Crippen LogP) is 3.89. The molecule has 162 valence electrons. The third-order valence-corrected chi connectivity index (χ3v) is 4.96. The lowest BCUT2D eigenvalue weighted by atomic mass is 9.97. The van der Waals surface area contributed by atoms with Crippen molar-refractivity contribution < 1.29 is 14.4 Å². The molecule has 0 radical (unpaired) electrons. The van der Waals surface area contributed by atoms with E-state index in [1.54, 1.807) is 4.90 Å². The lowest BCUT2D eigenvalue weighted by molar-refractivity contribution is -0.140. The molecule has 6 heteroatoms. The van der Waals surface area contributed by atoms with Crippen LogP contribution in [-0.2, 0) is 14.4 Å². The maximum absolute atomic E-state index is 12.9. The van der Waals surface area contributed by atoms with Crippen molar-refractivity contribution in [3.05, 3.63) is 29.8 Å². The molecule has 0 saturated carbocycles. The summed E-state index contributed by atoms with van der Waals surface area (Å²) >= 11 is 0. The van der Waals surface area contributed by atoms with Gasteiger partial charge in [-0.2, -0.15) is 0 Å². The Bertz CT molecular complexity index is 643. The first kappa shape index (κ1) is 24.7. The van der Waals surface area contributed by atoms with Crippen LogP contribution in [0.4, 0.5) is 5.69 Å². The Morgan fingerprint density at radius 1 is 0.966 bits per heavy atom. The van der Waals surface area contributed by atoms with Crippen LogP contribution in [0.3, 0.4) is 0 Å². The molecule has 0 saturated heterocycles. The van der Waals surface area contributed by atoms with Gasteiger partial charge in [0.2, 0.25) is 17.7 Å². The molecule has 1 aromatic rings. The maximum Gasteiger partial charge on any atom is 0.243 e. The average Bonchev–Trinajstić information content (AvgIpc) is 2.71. The summed E-state index contributed by atoms with van der Waals surface area (Å²) in [4.78, 5) is 39.0. The molecular formula is C23H37N3O3. The number of nitrogens with zero attached hydrogens (tertiary/aromatic N) is 1. The lowest BCUT2D eigenvalue weighted by Gasteiger charge is -2.26. The number of anilines is 1. The number of unbranched alkanes of at least 4 members (excludes halogenated alkanes) is 2. The summed E-state index contributed by atoms with van der Waals surface area (Å²) in [6.45, 7) is 8.62. The number of benzene rings is 1. The molecule has 1 aromatic carbocycles. The van der Waals surface area contributed by atoms with Gasteiger partial charge in [-0.1, -0.05) is 57.7 Å². The second-order valence-corrected chi connectivity index (χ2v) is 7.55. The highest BCUT2D eigenvalue weighted by Gasteiger charge is 2.24. The Kier molecular flexibility index (Phi) is 11.7. The first-order valence-corrected chi connectivity index (χ1v) is 10.8. The van der Waals surface area contributed by atoms with Crippen molar-refractivity contribution in [2.75, 3.05) is 25.0 Å². The maximum atomic E-state index is 12.9. The molecule has 29 heavy (non-hydrogen) atoms. The topological polar surface area (TPSA) is 78.5 Å². The van der Waals surface area contributed by atoms with E-state index in [0.717, 1.165) is 44.1 Å². The fourth-order valence-corrected chi connectivity index (χ4v) is 3.08. The summed E-state index contributed by atoms with van der Waals surface area (Å²) < 4.78 is 0. The van der Waals surface area contributed by atoms with Crippen LogP contribution in [0.5, 0.6) is 0 Å². The van der Waals surface area contributed by atoms with Crippen LogP contribution in [0.1, 0.15) is 64.9 Å². The van der Waals surface area contributed by atoms with Gasteiger partial charge >= 0.3 is 0 Å². The predicted molar refractivity (Wildman–Crippen MR) is 118 cm³/mol. The van der Waals surface area contributed by atoms with Gasteiger partial charge in [0.25, 0.3) is 0 Å². The molecule has 6 nitrogen and oxygen atoms in total. The third kappa shape index (κ3) is 9.59. The van der Waals surface area contributed by atoms with E-state index in [-0.39, 0.29) is 36.7 Å². The Hall–Kier alpha value is -2.37. The van der Waals surface area contributed by atoms with Crippen LogP contribution in [-0.4, -0.2) is 42.3 Å².